The van der Waals surface area contributed by atoms with Gasteiger partial charge in [0.1, 0.15) is 5.75 Å². The van der Waals surface area contributed by atoms with E-state index in [-0.39, 0.29) is 23.5 Å². The molecule has 1 aliphatic heterocycles. The summed E-state index contributed by atoms with van der Waals surface area (Å²) < 4.78 is 42.8. The van der Waals surface area contributed by atoms with Crippen LogP contribution in [0.2, 0.25) is 0 Å². The number of aryl methyl sites for hydroxylation is 2. The van der Waals surface area contributed by atoms with E-state index in [0.29, 0.717) is 30.2 Å². The largest absolute Gasteiger partial charge is 0.496 e. The highest BCUT2D eigenvalue weighted by atomic mass is 32.2. The first-order valence-electron chi connectivity index (χ1n) is 10.0. The van der Waals surface area contributed by atoms with Crippen LogP contribution in [0.25, 0.3) is 0 Å². The fourth-order valence-electron chi connectivity index (χ4n) is 3.24. The maximum Gasteiger partial charge on any atom is 0.338 e. The molecule has 1 aliphatic rings. The van der Waals surface area contributed by atoms with E-state index < -0.39 is 28.5 Å². The van der Waals surface area contributed by atoms with Gasteiger partial charge in [-0.3, -0.25) is 4.79 Å². The van der Waals surface area contributed by atoms with Crippen LogP contribution in [-0.2, 0) is 24.3 Å². The molecular weight excluding hydrogens is 436 g/mol. The van der Waals surface area contributed by atoms with Crippen molar-refractivity contribution in [2.24, 2.45) is 0 Å². The van der Waals surface area contributed by atoms with Crippen LogP contribution in [0, 0.1) is 13.8 Å². The van der Waals surface area contributed by atoms with Gasteiger partial charge in [0.25, 0.3) is 5.91 Å². The number of carbonyl (C=O) groups excluding carboxylic acids is 2. The van der Waals surface area contributed by atoms with Crippen molar-refractivity contribution >= 4 is 27.6 Å². The first kappa shape index (κ1) is 23.7. The van der Waals surface area contributed by atoms with E-state index in [0.717, 1.165) is 5.56 Å². The molecule has 1 fully saturated rings. The number of ether oxygens (including phenoxy) is 3. The van der Waals surface area contributed by atoms with E-state index in [1.807, 2.05) is 6.92 Å². The third-order valence-electron chi connectivity index (χ3n) is 5.04. The van der Waals surface area contributed by atoms with E-state index in [1.54, 1.807) is 31.2 Å². The zero-order valence-corrected chi connectivity index (χ0v) is 19.0. The number of amides is 1. The van der Waals surface area contributed by atoms with Gasteiger partial charge < -0.3 is 19.5 Å². The first-order chi connectivity index (χ1) is 15.2. The Kier molecular flexibility index (Phi) is 7.49. The predicted molar refractivity (Wildman–Crippen MR) is 117 cm³/mol. The van der Waals surface area contributed by atoms with E-state index in [2.05, 4.69) is 5.32 Å². The number of esters is 1. The molecule has 1 amide bonds. The van der Waals surface area contributed by atoms with E-state index in [9.17, 15) is 18.0 Å². The van der Waals surface area contributed by atoms with Crippen molar-refractivity contribution < 1.29 is 32.2 Å². The Labute approximate surface area is 187 Å². The molecule has 1 N–H and O–H groups in total. The zero-order valence-electron chi connectivity index (χ0n) is 18.2. The van der Waals surface area contributed by atoms with Crippen LogP contribution >= 0.6 is 0 Å². The van der Waals surface area contributed by atoms with Crippen LogP contribution in [0.5, 0.6) is 5.75 Å². The van der Waals surface area contributed by atoms with E-state index in [1.165, 1.54) is 23.5 Å². The number of carbonyl (C=O) groups is 2. The summed E-state index contributed by atoms with van der Waals surface area (Å²) in [5.41, 5.74) is 1.98. The van der Waals surface area contributed by atoms with Crippen molar-refractivity contribution in [3.63, 3.8) is 0 Å². The number of hydrogen-bond donors (Lipinski definition) is 1. The van der Waals surface area contributed by atoms with Gasteiger partial charge in [-0.05, 0) is 49.2 Å². The second-order valence-electron chi connectivity index (χ2n) is 7.31. The molecule has 1 heterocycles. The quantitative estimate of drug-likeness (QED) is 0.628. The highest BCUT2D eigenvalue weighted by Crippen LogP contribution is 2.24. The zero-order chi connectivity index (χ0) is 23.3. The van der Waals surface area contributed by atoms with Crippen LogP contribution in [-0.4, -0.2) is 64.6 Å². The van der Waals surface area contributed by atoms with E-state index >= 15 is 0 Å². The lowest BCUT2D eigenvalue weighted by molar-refractivity contribution is -0.119. The van der Waals surface area contributed by atoms with E-state index in [4.69, 9.17) is 14.2 Å². The minimum absolute atomic E-state index is 0.112. The van der Waals surface area contributed by atoms with Gasteiger partial charge in [0.15, 0.2) is 6.61 Å². The number of rotatable bonds is 7. The molecule has 0 aliphatic carbocycles. The van der Waals surface area contributed by atoms with Gasteiger partial charge >= 0.3 is 5.97 Å². The molecule has 2 aromatic carbocycles. The monoisotopic (exact) mass is 462 g/mol. The Balaban J connectivity index is 1.65. The summed E-state index contributed by atoms with van der Waals surface area (Å²) in [4.78, 5) is 24.6. The number of hydrogen-bond acceptors (Lipinski definition) is 7. The Bertz CT molecular complexity index is 1110. The number of sulfonamides is 1. The number of methoxy groups -OCH3 is 1. The molecule has 9 nitrogen and oxygen atoms in total. The molecule has 1 saturated heterocycles. The highest BCUT2D eigenvalue weighted by Gasteiger charge is 2.28. The van der Waals surface area contributed by atoms with Crippen LogP contribution in [0.3, 0.4) is 0 Å². The third kappa shape index (κ3) is 5.45. The number of benzene rings is 2. The van der Waals surface area contributed by atoms with Crippen LogP contribution in [0.1, 0.15) is 21.5 Å². The van der Waals surface area contributed by atoms with Crippen LogP contribution in [0.15, 0.2) is 41.3 Å². The Morgan fingerprint density at radius 2 is 1.75 bits per heavy atom. The predicted octanol–water partition coefficient (Wildman–Crippen LogP) is 2.13. The molecule has 0 radical (unpaired) electrons. The minimum atomic E-state index is -3.72. The van der Waals surface area contributed by atoms with Gasteiger partial charge in [-0.1, -0.05) is 12.1 Å². The molecule has 10 heteroatoms. The van der Waals surface area contributed by atoms with Crippen LogP contribution in [0.4, 0.5) is 5.69 Å². The molecule has 3 rings (SSSR count). The molecular formula is C22H26N2O7S. The van der Waals surface area contributed by atoms with Gasteiger partial charge in [-0.25, -0.2) is 13.2 Å². The molecule has 2 aromatic rings. The summed E-state index contributed by atoms with van der Waals surface area (Å²) in [5, 5.41) is 2.57. The second-order valence-corrected chi connectivity index (χ2v) is 9.21. The average Bonchev–Trinajstić information content (AvgIpc) is 2.79. The summed E-state index contributed by atoms with van der Waals surface area (Å²) in [7, 11) is -2.22. The molecule has 0 unspecified atom stereocenters. The van der Waals surface area contributed by atoms with Gasteiger partial charge in [-0.2, -0.15) is 4.31 Å². The summed E-state index contributed by atoms with van der Waals surface area (Å²) in [6, 6.07) is 9.47. The summed E-state index contributed by atoms with van der Waals surface area (Å²) in [6.07, 6.45) is 0. The molecule has 0 spiro atoms. The fourth-order valence-corrected chi connectivity index (χ4v) is 4.90. The summed E-state index contributed by atoms with van der Waals surface area (Å²) >= 11 is 0. The van der Waals surface area contributed by atoms with Crippen molar-refractivity contribution in [2.45, 2.75) is 18.7 Å². The van der Waals surface area contributed by atoms with Gasteiger partial charge in [0.2, 0.25) is 10.0 Å². The molecule has 0 saturated carbocycles. The lowest BCUT2D eigenvalue weighted by atomic mass is 10.1. The van der Waals surface area contributed by atoms with Gasteiger partial charge in [0.05, 0.1) is 30.8 Å². The summed E-state index contributed by atoms with van der Waals surface area (Å²) in [5.74, 6) is -0.716. The standard InChI is InChI=1S/C22H26N2O7S/c1-15-4-6-17(12-19(15)29-3)22(26)31-14-21(25)23-18-7-5-16(2)20(13-18)32(27,28)24-8-10-30-11-9-24/h4-7,12-13H,8-11,14H2,1-3H3,(H,23,25). The first-order valence-corrected chi connectivity index (χ1v) is 11.5. The molecule has 0 bridgehead atoms. The normalized spacial score (nSPS) is 14.6. The van der Waals surface area contributed by atoms with Crippen molar-refractivity contribution in [3.8, 4) is 5.75 Å². The Morgan fingerprint density at radius 1 is 1.06 bits per heavy atom. The number of anilines is 1. The van der Waals surface area contributed by atoms with Gasteiger partial charge in [0, 0.05) is 18.8 Å². The minimum Gasteiger partial charge on any atom is -0.496 e. The lowest BCUT2D eigenvalue weighted by Crippen LogP contribution is -2.40. The van der Waals surface area contributed by atoms with Crippen molar-refractivity contribution in [2.75, 3.05) is 45.3 Å². The maximum atomic E-state index is 13.0. The Hall–Kier alpha value is -2.95. The second kappa shape index (κ2) is 10.1. The van der Waals surface area contributed by atoms with Crippen molar-refractivity contribution in [1.82, 2.24) is 4.31 Å². The lowest BCUT2D eigenvalue weighted by Gasteiger charge is -2.26. The molecule has 0 atom stereocenters. The molecule has 32 heavy (non-hydrogen) atoms. The maximum absolute atomic E-state index is 13.0. The summed E-state index contributed by atoms with van der Waals surface area (Å²) in [6.45, 7) is 4.25. The molecule has 172 valence electrons. The fraction of sp³-hybridized carbons (Fsp3) is 0.364. The molecule has 0 aromatic heterocycles. The average molecular weight is 463 g/mol. The van der Waals surface area contributed by atoms with Crippen molar-refractivity contribution in [1.29, 1.82) is 0 Å². The SMILES string of the molecule is COc1cc(C(=O)OCC(=O)Nc2ccc(C)c(S(=O)(=O)N3CCOCC3)c2)ccc1C. The smallest absolute Gasteiger partial charge is 0.338 e. The number of morpholine rings is 1. The Morgan fingerprint density at radius 3 is 2.44 bits per heavy atom. The number of nitrogens with zero attached hydrogens (tertiary/aromatic N) is 1. The number of nitrogens with one attached hydrogen (secondary N) is 1. The topological polar surface area (TPSA) is 111 Å². The highest BCUT2D eigenvalue weighted by molar-refractivity contribution is 7.89. The van der Waals surface area contributed by atoms with Crippen LogP contribution < -0.4 is 10.1 Å². The third-order valence-corrected chi connectivity index (χ3v) is 7.08. The van der Waals surface area contributed by atoms with Crippen molar-refractivity contribution in [3.05, 3.63) is 53.1 Å². The van der Waals surface area contributed by atoms with Gasteiger partial charge in [-0.15, -0.1) is 0 Å².